The first-order valence-corrected chi connectivity index (χ1v) is 11.0. The molecule has 1 atom stereocenters. The number of aromatic amines is 1. The van der Waals surface area contributed by atoms with Crippen LogP contribution in [0.4, 0.5) is 0 Å². The van der Waals surface area contributed by atoms with Crippen molar-refractivity contribution in [3.05, 3.63) is 57.0 Å². The average molecular weight is 399 g/mol. The number of H-pyrrole nitrogens is 1. The Morgan fingerprint density at radius 2 is 2.21 bits per heavy atom. The molecular weight excluding hydrogens is 372 g/mol. The van der Waals surface area contributed by atoms with Gasteiger partial charge < -0.3 is 10.3 Å². The van der Waals surface area contributed by atoms with Crippen molar-refractivity contribution >= 4 is 17.7 Å². The highest BCUT2D eigenvalue weighted by Gasteiger charge is 2.24. The molecule has 1 amide bonds. The molecule has 148 valence electrons. The molecule has 2 heterocycles. The van der Waals surface area contributed by atoms with E-state index in [4.69, 9.17) is 0 Å². The Bertz CT molecular complexity index is 927. The van der Waals surface area contributed by atoms with Crippen LogP contribution >= 0.6 is 11.8 Å². The van der Waals surface area contributed by atoms with Crippen LogP contribution in [0.25, 0.3) is 0 Å². The van der Waals surface area contributed by atoms with E-state index in [-0.39, 0.29) is 23.3 Å². The smallest absolute Gasteiger partial charge is 0.256 e. The first kappa shape index (κ1) is 19.2. The van der Waals surface area contributed by atoms with Crippen molar-refractivity contribution in [1.29, 1.82) is 0 Å². The number of thioether (sulfide) groups is 1. The second-order valence-corrected chi connectivity index (χ2v) is 8.43. The molecule has 2 aromatic rings. The number of benzene rings is 1. The Hall–Kier alpha value is -2.12. The zero-order chi connectivity index (χ0) is 19.5. The van der Waals surface area contributed by atoms with Gasteiger partial charge in [0.15, 0.2) is 5.16 Å². The molecule has 2 N–H and O–H groups in total. The lowest BCUT2D eigenvalue weighted by Crippen LogP contribution is -2.36. The summed E-state index contributed by atoms with van der Waals surface area (Å²) in [6, 6.07) is 8.36. The monoisotopic (exact) mass is 398 g/mol. The summed E-state index contributed by atoms with van der Waals surface area (Å²) in [5.41, 5.74) is 4.12. The summed E-state index contributed by atoms with van der Waals surface area (Å²) in [5, 5.41) is 3.65. The standard InChI is InChI=1S/C21H26N4O2S/c1-2-10-25-11-9-18-16(12-25)20(27)24-21(23-18)28-13-19(26)22-17-8-7-14-5-3-4-6-15(14)17/h3-6,17H,2,7-13H2,1H3,(H,22,26)(H,23,24,27)/t17-/m0/s1. The molecule has 1 aliphatic heterocycles. The Labute approximate surface area is 169 Å². The van der Waals surface area contributed by atoms with E-state index in [0.717, 1.165) is 50.0 Å². The molecule has 0 spiro atoms. The number of hydrogen-bond donors (Lipinski definition) is 2. The van der Waals surface area contributed by atoms with Gasteiger partial charge in [0.25, 0.3) is 5.56 Å². The van der Waals surface area contributed by atoms with Gasteiger partial charge in [-0.15, -0.1) is 0 Å². The lowest BCUT2D eigenvalue weighted by Gasteiger charge is -2.27. The van der Waals surface area contributed by atoms with Crippen LogP contribution < -0.4 is 10.9 Å². The number of hydrogen-bond acceptors (Lipinski definition) is 5. The number of carbonyl (C=O) groups excluding carboxylic acids is 1. The molecule has 1 aromatic heterocycles. The SMILES string of the molecule is CCCN1CCc2nc(SCC(=O)N[C@H]3CCc4ccccc43)[nH]c(=O)c2C1. The van der Waals surface area contributed by atoms with E-state index in [1.807, 2.05) is 12.1 Å². The van der Waals surface area contributed by atoms with Gasteiger partial charge in [-0.05, 0) is 36.9 Å². The highest BCUT2D eigenvalue weighted by Crippen LogP contribution is 2.30. The highest BCUT2D eigenvalue weighted by atomic mass is 32.2. The quantitative estimate of drug-likeness (QED) is 0.577. The Morgan fingerprint density at radius 1 is 1.36 bits per heavy atom. The molecule has 2 aliphatic rings. The maximum Gasteiger partial charge on any atom is 0.256 e. The zero-order valence-electron chi connectivity index (χ0n) is 16.2. The Morgan fingerprint density at radius 3 is 3.07 bits per heavy atom. The topological polar surface area (TPSA) is 78.1 Å². The molecule has 28 heavy (non-hydrogen) atoms. The van der Waals surface area contributed by atoms with Crippen molar-refractivity contribution in [3.63, 3.8) is 0 Å². The number of aryl methyl sites for hydroxylation is 1. The van der Waals surface area contributed by atoms with Gasteiger partial charge in [0.2, 0.25) is 5.91 Å². The molecule has 0 fully saturated rings. The van der Waals surface area contributed by atoms with E-state index >= 15 is 0 Å². The number of nitrogens with one attached hydrogen (secondary N) is 2. The third kappa shape index (κ3) is 4.15. The summed E-state index contributed by atoms with van der Waals surface area (Å²) in [6.07, 6.45) is 3.81. The minimum Gasteiger partial charge on any atom is -0.349 e. The van der Waals surface area contributed by atoms with Gasteiger partial charge in [0, 0.05) is 19.5 Å². The second kappa shape index (κ2) is 8.49. The van der Waals surface area contributed by atoms with Crippen LogP contribution in [0.1, 0.15) is 48.2 Å². The van der Waals surface area contributed by atoms with Crippen LogP contribution in [0.3, 0.4) is 0 Å². The molecule has 0 radical (unpaired) electrons. The largest absolute Gasteiger partial charge is 0.349 e. The third-order valence-corrected chi connectivity index (χ3v) is 6.35. The van der Waals surface area contributed by atoms with E-state index in [2.05, 4.69) is 39.2 Å². The van der Waals surface area contributed by atoms with Gasteiger partial charge in [-0.3, -0.25) is 14.5 Å². The van der Waals surface area contributed by atoms with Crippen molar-refractivity contribution < 1.29 is 4.79 Å². The third-order valence-electron chi connectivity index (χ3n) is 5.47. The molecule has 0 unspecified atom stereocenters. The van der Waals surface area contributed by atoms with Crippen LogP contribution in [-0.4, -0.2) is 39.6 Å². The number of aromatic nitrogens is 2. The fraction of sp³-hybridized carbons (Fsp3) is 0.476. The summed E-state index contributed by atoms with van der Waals surface area (Å²) < 4.78 is 0. The van der Waals surface area contributed by atoms with Crippen LogP contribution in [-0.2, 0) is 24.2 Å². The molecular formula is C21H26N4O2S. The second-order valence-electron chi connectivity index (χ2n) is 7.47. The lowest BCUT2D eigenvalue weighted by atomic mass is 10.1. The van der Waals surface area contributed by atoms with Gasteiger partial charge in [-0.25, -0.2) is 4.98 Å². The maximum absolute atomic E-state index is 12.5. The van der Waals surface area contributed by atoms with Gasteiger partial charge in [0.1, 0.15) is 0 Å². The molecule has 0 saturated carbocycles. The number of carbonyl (C=O) groups is 1. The van der Waals surface area contributed by atoms with Gasteiger partial charge in [-0.1, -0.05) is 43.0 Å². The normalized spacial score (nSPS) is 18.5. The van der Waals surface area contributed by atoms with Crippen molar-refractivity contribution in [2.45, 2.75) is 50.4 Å². The molecule has 1 aromatic carbocycles. The van der Waals surface area contributed by atoms with Crippen LogP contribution in [0.5, 0.6) is 0 Å². The number of fused-ring (bicyclic) bond motifs is 2. The fourth-order valence-corrected chi connectivity index (χ4v) is 4.80. The van der Waals surface area contributed by atoms with E-state index in [1.165, 1.54) is 22.9 Å². The van der Waals surface area contributed by atoms with Gasteiger partial charge in [-0.2, -0.15) is 0 Å². The molecule has 4 rings (SSSR count). The van der Waals surface area contributed by atoms with Crippen molar-refractivity contribution in [2.24, 2.45) is 0 Å². The van der Waals surface area contributed by atoms with E-state index < -0.39 is 0 Å². The number of amides is 1. The lowest BCUT2D eigenvalue weighted by molar-refractivity contribution is -0.119. The first-order valence-electron chi connectivity index (χ1n) is 9.98. The summed E-state index contributed by atoms with van der Waals surface area (Å²) in [4.78, 5) is 34.6. The summed E-state index contributed by atoms with van der Waals surface area (Å²) in [6.45, 7) is 4.74. The summed E-state index contributed by atoms with van der Waals surface area (Å²) >= 11 is 1.30. The summed E-state index contributed by atoms with van der Waals surface area (Å²) in [7, 11) is 0. The first-order chi connectivity index (χ1) is 13.6. The minimum atomic E-state index is -0.0709. The number of rotatable bonds is 6. The molecule has 6 nitrogen and oxygen atoms in total. The van der Waals surface area contributed by atoms with E-state index in [1.54, 1.807) is 0 Å². The van der Waals surface area contributed by atoms with Crippen LogP contribution in [0, 0.1) is 0 Å². The van der Waals surface area contributed by atoms with Gasteiger partial charge in [0.05, 0.1) is 23.1 Å². The van der Waals surface area contributed by atoms with E-state index in [9.17, 15) is 9.59 Å². The molecule has 0 bridgehead atoms. The van der Waals surface area contributed by atoms with Crippen LogP contribution in [0.15, 0.2) is 34.2 Å². The highest BCUT2D eigenvalue weighted by molar-refractivity contribution is 7.99. The maximum atomic E-state index is 12.5. The minimum absolute atomic E-state index is 0.0267. The van der Waals surface area contributed by atoms with Gasteiger partial charge >= 0.3 is 0 Å². The summed E-state index contributed by atoms with van der Waals surface area (Å²) in [5.74, 6) is 0.226. The Balaban J connectivity index is 1.36. The van der Waals surface area contributed by atoms with E-state index in [0.29, 0.717) is 11.7 Å². The van der Waals surface area contributed by atoms with Crippen molar-refractivity contribution in [2.75, 3.05) is 18.8 Å². The zero-order valence-corrected chi connectivity index (χ0v) is 17.0. The molecule has 0 saturated heterocycles. The average Bonchev–Trinajstić information content (AvgIpc) is 3.10. The van der Waals surface area contributed by atoms with Crippen LogP contribution in [0.2, 0.25) is 0 Å². The number of nitrogens with zero attached hydrogens (tertiary/aromatic N) is 2. The molecule has 1 aliphatic carbocycles. The van der Waals surface area contributed by atoms with Crippen molar-refractivity contribution in [3.8, 4) is 0 Å². The molecule has 7 heteroatoms. The predicted molar refractivity (Wildman–Crippen MR) is 111 cm³/mol. The Kier molecular flexibility index (Phi) is 5.82. The fourth-order valence-electron chi connectivity index (χ4n) is 4.11. The predicted octanol–water partition coefficient (Wildman–Crippen LogP) is 2.43. The van der Waals surface area contributed by atoms with Crippen molar-refractivity contribution in [1.82, 2.24) is 20.2 Å².